The topological polar surface area (TPSA) is 111 Å². The third-order valence-electron chi connectivity index (χ3n) is 11.0. The van der Waals surface area contributed by atoms with Crippen molar-refractivity contribution in [2.45, 2.75) is 238 Å². The summed E-state index contributed by atoms with van der Waals surface area (Å²) in [4.78, 5) is 37.6. The molecule has 354 valence electrons. The predicted molar refractivity (Wildman–Crippen MR) is 250 cm³/mol. The monoisotopic (exact) mass is 870 g/mol. The van der Waals surface area contributed by atoms with Gasteiger partial charge >= 0.3 is 11.9 Å². The molecule has 0 aromatic rings. The van der Waals surface area contributed by atoms with Crippen LogP contribution in [0.25, 0.3) is 0 Å². The van der Waals surface area contributed by atoms with Gasteiger partial charge in [0.15, 0.2) is 6.10 Å². The number of esters is 2. The molecule has 2 atom stereocenters. The summed E-state index contributed by atoms with van der Waals surface area (Å²) in [5.41, 5.74) is 0. The molecule has 0 heterocycles. The number of likely N-dealkylation sites (N-methyl/N-ethyl adjacent to an activating group) is 1. The number of phosphoric ester groups is 1. The number of hydrogen-bond donors (Lipinski definition) is 0. The first-order valence-electron chi connectivity index (χ1n) is 25.0. The fraction of sp³-hybridized carbons (Fsp3) is 0.880. The number of allylic oxidation sites excluding steroid dienone is 4. The zero-order valence-corrected chi connectivity index (χ0v) is 40.8. The number of rotatable bonds is 46. The fourth-order valence-corrected chi connectivity index (χ4v) is 7.77. The Morgan fingerprint density at radius 3 is 1.32 bits per heavy atom. The minimum Gasteiger partial charge on any atom is -0.756 e. The fourth-order valence-electron chi connectivity index (χ4n) is 7.04. The molecule has 0 fully saturated rings. The highest BCUT2D eigenvalue weighted by atomic mass is 31.2. The molecule has 0 rings (SSSR count). The van der Waals surface area contributed by atoms with Gasteiger partial charge in [0.2, 0.25) is 0 Å². The molecule has 2 unspecified atom stereocenters. The Kier molecular flexibility index (Phi) is 41.7. The SMILES string of the molecule is CCCCCCC/C=C\C/C=C\CCCCCCCCCCCCCCCC(=O)OC(COC(=O)CCCCCCCCCCCCC)COP(=O)([O-])OCC[N+](C)(C)C. The second kappa shape index (κ2) is 42.8. The molecule has 0 aliphatic heterocycles. The number of carbonyl (C=O) groups is 2. The summed E-state index contributed by atoms with van der Waals surface area (Å²) < 4.78 is 34.0. The minimum atomic E-state index is -4.62. The Morgan fingerprint density at radius 2 is 0.900 bits per heavy atom. The van der Waals surface area contributed by atoms with Crippen LogP contribution in [-0.4, -0.2) is 70.0 Å². The molecule has 10 heteroatoms. The first-order chi connectivity index (χ1) is 29.0. The standard InChI is InChI=1S/C50H96NO8P/c1-6-8-10-12-14-16-18-19-20-21-22-23-24-25-26-27-28-29-30-31-33-35-37-39-41-43-50(53)59-48(47-58-60(54,55)57-45-44-51(3,4)5)46-56-49(52)42-40-38-36-34-32-17-15-13-11-9-7-2/h18-19,21-22,48H,6-17,20,23-47H2,1-5H3/b19-18-,22-21-. The van der Waals surface area contributed by atoms with Crippen molar-refractivity contribution in [1.29, 1.82) is 0 Å². The predicted octanol–water partition coefficient (Wildman–Crippen LogP) is 14.1. The first kappa shape index (κ1) is 58.5. The molecule has 60 heavy (non-hydrogen) atoms. The Balaban J connectivity index is 4.15. The maximum Gasteiger partial charge on any atom is 0.306 e. The molecular weight excluding hydrogens is 774 g/mol. The highest BCUT2D eigenvalue weighted by molar-refractivity contribution is 7.45. The third kappa shape index (κ3) is 46.0. The maximum absolute atomic E-state index is 12.7. The van der Waals surface area contributed by atoms with Crippen LogP contribution in [0.2, 0.25) is 0 Å². The van der Waals surface area contributed by atoms with Gasteiger partial charge in [-0.25, -0.2) is 0 Å². The summed E-state index contributed by atoms with van der Waals surface area (Å²) in [5.74, 6) is -0.826. The van der Waals surface area contributed by atoms with Gasteiger partial charge in [-0.15, -0.1) is 0 Å². The summed E-state index contributed by atoms with van der Waals surface area (Å²) in [6, 6.07) is 0. The van der Waals surface area contributed by atoms with Crippen molar-refractivity contribution in [3.63, 3.8) is 0 Å². The van der Waals surface area contributed by atoms with E-state index in [9.17, 15) is 19.0 Å². The molecular formula is C50H96NO8P. The minimum absolute atomic E-state index is 0.0285. The van der Waals surface area contributed by atoms with Gasteiger partial charge < -0.3 is 27.9 Å². The van der Waals surface area contributed by atoms with Crippen LogP contribution < -0.4 is 4.89 Å². The van der Waals surface area contributed by atoms with Crippen LogP contribution in [0.1, 0.15) is 232 Å². The Labute approximate surface area is 370 Å². The van der Waals surface area contributed by atoms with Crippen LogP contribution in [0.3, 0.4) is 0 Å². The zero-order chi connectivity index (χ0) is 44.3. The molecule has 0 radical (unpaired) electrons. The van der Waals surface area contributed by atoms with Gasteiger partial charge in [-0.3, -0.25) is 14.2 Å². The molecule has 0 saturated carbocycles. The van der Waals surface area contributed by atoms with E-state index in [2.05, 4.69) is 38.2 Å². The van der Waals surface area contributed by atoms with E-state index in [4.69, 9.17) is 18.5 Å². The number of carbonyl (C=O) groups excluding carboxylic acids is 2. The number of phosphoric acid groups is 1. The van der Waals surface area contributed by atoms with Gasteiger partial charge in [0.1, 0.15) is 19.8 Å². The van der Waals surface area contributed by atoms with E-state index in [1.807, 2.05) is 21.1 Å². The molecule has 0 bridgehead atoms. The van der Waals surface area contributed by atoms with E-state index >= 15 is 0 Å². The molecule has 0 amide bonds. The van der Waals surface area contributed by atoms with Crippen LogP contribution in [0.15, 0.2) is 24.3 Å². The van der Waals surface area contributed by atoms with Crippen molar-refractivity contribution in [2.24, 2.45) is 0 Å². The molecule has 0 spiro atoms. The summed E-state index contributed by atoms with van der Waals surface area (Å²) >= 11 is 0. The number of quaternary nitrogens is 1. The Hall–Kier alpha value is -1.51. The van der Waals surface area contributed by atoms with Gasteiger partial charge in [-0.2, -0.15) is 0 Å². The van der Waals surface area contributed by atoms with Crippen molar-refractivity contribution < 1.29 is 42.1 Å². The number of nitrogens with zero attached hydrogens (tertiary/aromatic N) is 1. The van der Waals surface area contributed by atoms with E-state index in [0.717, 1.165) is 44.9 Å². The maximum atomic E-state index is 12.7. The summed E-state index contributed by atoms with van der Waals surface area (Å²) in [6.07, 6.45) is 47.8. The average molecular weight is 870 g/mol. The van der Waals surface area contributed by atoms with E-state index in [0.29, 0.717) is 17.4 Å². The highest BCUT2D eigenvalue weighted by Gasteiger charge is 2.21. The lowest BCUT2D eigenvalue weighted by Gasteiger charge is -2.28. The quantitative estimate of drug-likeness (QED) is 0.0195. The van der Waals surface area contributed by atoms with Gasteiger partial charge in [0.25, 0.3) is 7.82 Å². The van der Waals surface area contributed by atoms with Crippen LogP contribution in [0, 0.1) is 0 Å². The summed E-state index contributed by atoms with van der Waals surface area (Å²) in [5, 5.41) is 0. The third-order valence-corrected chi connectivity index (χ3v) is 11.9. The number of hydrogen-bond acceptors (Lipinski definition) is 8. The van der Waals surface area contributed by atoms with Gasteiger partial charge in [-0.1, -0.05) is 199 Å². The van der Waals surface area contributed by atoms with Gasteiger partial charge in [0, 0.05) is 12.8 Å². The van der Waals surface area contributed by atoms with Crippen LogP contribution in [0.4, 0.5) is 0 Å². The zero-order valence-electron chi connectivity index (χ0n) is 39.9. The Bertz CT molecular complexity index is 1070. The second-order valence-corrected chi connectivity index (χ2v) is 19.6. The smallest absolute Gasteiger partial charge is 0.306 e. The molecule has 9 nitrogen and oxygen atoms in total. The molecule has 0 aliphatic carbocycles. The lowest BCUT2D eigenvalue weighted by molar-refractivity contribution is -0.870. The van der Waals surface area contributed by atoms with Crippen molar-refractivity contribution >= 4 is 19.8 Å². The molecule has 0 N–H and O–H groups in total. The van der Waals surface area contributed by atoms with Crippen LogP contribution >= 0.6 is 7.82 Å². The molecule has 0 saturated heterocycles. The van der Waals surface area contributed by atoms with Crippen LogP contribution in [0.5, 0.6) is 0 Å². The van der Waals surface area contributed by atoms with E-state index in [-0.39, 0.29) is 32.0 Å². The van der Waals surface area contributed by atoms with Crippen molar-refractivity contribution in [2.75, 3.05) is 47.5 Å². The second-order valence-electron chi connectivity index (χ2n) is 18.2. The average Bonchev–Trinajstić information content (AvgIpc) is 3.20. The normalized spacial score (nSPS) is 13.6. The van der Waals surface area contributed by atoms with Crippen LogP contribution in [-0.2, 0) is 32.7 Å². The summed E-state index contributed by atoms with van der Waals surface area (Å²) in [7, 11) is 1.17. The lowest BCUT2D eigenvalue weighted by atomic mass is 10.0. The first-order valence-corrected chi connectivity index (χ1v) is 26.5. The molecule has 0 aliphatic rings. The number of unbranched alkanes of at least 4 members (excludes halogenated alkanes) is 28. The highest BCUT2D eigenvalue weighted by Crippen LogP contribution is 2.38. The largest absolute Gasteiger partial charge is 0.756 e. The van der Waals surface area contributed by atoms with Crippen molar-refractivity contribution in [3.8, 4) is 0 Å². The van der Waals surface area contributed by atoms with Gasteiger partial charge in [0.05, 0.1) is 27.7 Å². The lowest BCUT2D eigenvalue weighted by Crippen LogP contribution is -2.37. The van der Waals surface area contributed by atoms with Gasteiger partial charge in [-0.05, 0) is 44.9 Å². The van der Waals surface area contributed by atoms with E-state index in [1.54, 1.807) is 0 Å². The molecule has 0 aromatic carbocycles. The molecule has 0 aromatic heterocycles. The van der Waals surface area contributed by atoms with Crippen molar-refractivity contribution in [1.82, 2.24) is 0 Å². The summed E-state index contributed by atoms with van der Waals surface area (Å²) in [6.45, 7) is 4.23. The Morgan fingerprint density at radius 1 is 0.517 bits per heavy atom. The number of ether oxygens (including phenoxy) is 2. The van der Waals surface area contributed by atoms with E-state index in [1.165, 1.54) is 154 Å². The van der Waals surface area contributed by atoms with E-state index < -0.39 is 26.5 Å². The van der Waals surface area contributed by atoms with Crippen molar-refractivity contribution in [3.05, 3.63) is 24.3 Å².